The lowest BCUT2D eigenvalue weighted by atomic mass is 10.1. The van der Waals surface area contributed by atoms with Crippen LogP contribution >= 0.6 is 11.3 Å². The highest BCUT2D eigenvalue weighted by Gasteiger charge is 2.44. The van der Waals surface area contributed by atoms with Crippen LogP contribution in [-0.4, -0.2) is 59.4 Å². The Morgan fingerprint density at radius 1 is 1.21 bits per heavy atom. The monoisotopic (exact) mass is 502 g/mol. The number of fused-ring (bicyclic) bond motifs is 1. The molecule has 0 radical (unpaired) electrons. The first-order valence-corrected chi connectivity index (χ1v) is 10.4. The van der Waals surface area contributed by atoms with E-state index >= 15 is 0 Å². The van der Waals surface area contributed by atoms with Gasteiger partial charge in [-0.05, 0) is 36.2 Å². The highest BCUT2D eigenvalue weighted by Crippen LogP contribution is 2.29. The molecule has 0 aliphatic carbocycles. The van der Waals surface area contributed by atoms with Crippen LogP contribution in [0.4, 0.5) is 13.2 Å². The van der Waals surface area contributed by atoms with E-state index in [9.17, 15) is 37.5 Å². The Morgan fingerprint density at radius 3 is 2.56 bits per heavy atom. The van der Waals surface area contributed by atoms with Gasteiger partial charge in [0, 0.05) is 23.5 Å². The molecule has 10 nitrogen and oxygen atoms in total. The average molecular weight is 502 g/mol. The number of rotatable bonds is 8. The van der Waals surface area contributed by atoms with Gasteiger partial charge in [-0.1, -0.05) is 0 Å². The minimum absolute atomic E-state index is 0.0982. The van der Waals surface area contributed by atoms with E-state index < -0.39 is 54.1 Å². The lowest BCUT2D eigenvalue weighted by molar-refractivity contribution is -0.220. The lowest BCUT2D eigenvalue weighted by Crippen LogP contribution is -2.37. The first-order chi connectivity index (χ1) is 16.0. The third-order valence-corrected chi connectivity index (χ3v) is 5.77. The fraction of sp³-hybridized carbons (Fsp3) is 0.300. The number of amides is 1. The first-order valence-electron chi connectivity index (χ1n) is 9.59. The number of alkyl halides is 3. The standard InChI is InChI=1S/C20H17F3N2O8S/c21-20(22,23)19(31)33-18(17(29)30)32-13-2-1-9(5-11(13)26)12(27)8-25-16(28)15-6-10-7-24-4-3-14(10)34-15/h1-2,5-6,18,24,26H,3-4,7-8H2,(H,25,28)(H,29,30). The summed E-state index contributed by atoms with van der Waals surface area (Å²) in [6.45, 7) is 1.05. The fourth-order valence-electron chi connectivity index (χ4n) is 2.91. The highest BCUT2D eigenvalue weighted by atomic mass is 32.1. The number of aliphatic carboxylic acids is 1. The number of carboxylic acids is 1. The van der Waals surface area contributed by atoms with Gasteiger partial charge in [0.15, 0.2) is 17.3 Å². The molecular weight excluding hydrogens is 485 g/mol. The molecule has 1 aliphatic heterocycles. The van der Waals surface area contributed by atoms with Gasteiger partial charge < -0.3 is 30.3 Å². The summed E-state index contributed by atoms with van der Waals surface area (Å²) in [6.07, 6.45) is -7.36. The van der Waals surface area contributed by atoms with E-state index in [1.165, 1.54) is 11.3 Å². The van der Waals surface area contributed by atoms with Gasteiger partial charge in [-0.3, -0.25) is 9.59 Å². The molecule has 34 heavy (non-hydrogen) atoms. The van der Waals surface area contributed by atoms with Gasteiger partial charge in [0.05, 0.1) is 11.4 Å². The molecular formula is C20H17F3N2O8S. The molecule has 1 amide bonds. The van der Waals surface area contributed by atoms with E-state index in [-0.39, 0.29) is 5.56 Å². The molecule has 1 aromatic carbocycles. The van der Waals surface area contributed by atoms with E-state index in [4.69, 9.17) is 5.11 Å². The number of ketones is 1. The Bertz CT molecular complexity index is 1110. The second-order valence-electron chi connectivity index (χ2n) is 6.97. The number of hydrogen-bond donors (Lipinski definition) is 4. The molecule has 0 bridgehead atoms. The lowest BCUT2D eigenvalue weighted by Gasteiger charge is -2.17. The van der Waals surface area contributed by atoms with E-state index in [0.717, 1.165) is 41.6 Å². The van der Waals surface area contributed by atoms with Crippen LogP contribution in [0.5, 0.6) is 11.5 Å². The molecule has 1 atom stereocenters. The van der Waals surface area contributed by atoms with Gasteiger partial charge in [0.1, 0.15) is 0 Å². The average Bonchev–Trinajstić information content (AvgIpc) is 3.21. The smallest absolute Gasteiger partial charge is 0.491 e. The van der Waals surface area contributed by atoms with Crippen molar-refractivity contribution in [1.82, 2.24) is 10.6 Å². The number of Topliss-reactive ketones (excluding diaryl/α,β-unsaturated/α-hetero) is 1. The van der Waals surface area contributed by atoms with Gasteiger partial charge in [-0.15, -0.1) is 11.3 Å². The summed E-state index contributed by atoms with van der Waals surface area (Å²) in [7, 11) is 0. The van der Waals surface area contributed by atoms with Gasteiger partial charge in [0.25, 0.3) is 5.91 Å². The number of carbonyl (C=O) groups excluding carboxylic acids is 3. The Kier molecular flexibility index (Phi) is 7.41. The van der Waals surface area contributed by atoms with Crippen LogP contribution < -0.4 is 15.4 Å². The van der Waals surface area contributed by atoms with Crippen molar-refractivity contribution in [3.8, 4) is 11.5 Å². The van der Waals surface area contributed by atoms with Gasteiger partial charge >= 0.3 is 24.4 Å². The van der Waals surface area contributed by atoms with Crippen LogP contribution in [-0.2, 0) is 27.3 Å². The Hall–Kier alpha value is -3.65. The zero-order chi connectivity index (χ0) is 25.0. The number of hydrogen-bond acceptors (Lipinski definition) is 9. The number of esters is 1. The largest absolute Gasteiger partial charge is 0.504 e. The van der Waals surface area contributed by atoms with Gasteiger partial charge in [-0.2, -0.15) is 13.2 Å². The maximum absolute atomic E-state index is 12.4. The number of halogens is 3. The van der Waals surface area contributed by atoms with Gasteiger partial charge in [-0.25, -0.2) is 9.59 Å². The molecule has 14 heteroatoms. The van der Waals surface area contributed by atoms with E-state index in [2.05, 4.69) is 20.1 Å². The van der Waals surface area contributed by atoms with Crippen LogP contribution in [0.25, 0.3) is 0 Å². The van der Waals surface area contributed by atoms with Crippen LogP contribution in [0.3, 0.4) is 0 Å². The number of phenols is 1. The molecule has 4 N–H and O–H groups in total. The summed E-state index contributed by atoms with van der Waals surface area (Å²) in [5.41, 5.74) is 0.924. The Labute approximate surface area is 193 Å². The van der Waals surface area contributed by atoms with Crippen molar-refractivity contribution in [1.29, 1.82) is 0 Å². The molecule has 0 fully saturated rings. The minimum Gasteiger partial charge on any atom is -0.504 e. The van der Waals surface area contributed by atoms with Gasteiger partial charge in [0.2, 0.25) is 0 Å². The third-order valence-electron chi connectivity index (χ3n) is 4.54. The molecule has 3 rings (SSSR count). The zero-order valence-electron chi connectivity index (χ0n) is 17.1. The van der Waals surface area contributed by atoms with E-state index in [0.29, 0.717) is 11.4 Å². The maximum atomic E-state index is 12.4. The third kappa shape index (κ3) is 6.02. The first kappa shape index (κ1) is 25.0. The minimum atomic E-state index is -5.46. The second kappa shape index (κ2) is 10.1. The van der Waals surface area contributed by atoms with E-state index in [1.807, 2.05) is 0 Å². The quantitative estimate of drug-likeness (QED) is 0.240. The molecule has 0 spiro atoms. The predicted octanol–water partition coefficient (Wildman–Crippen LogP) is 1.61. The number of carboxylic acid groups (broad SMARTS) is 1. The number of nitrogens with one attached hydrogen (secondary N) is 2. The predicted molar refractivity (Wildman–Crippen MR) is 109 cm³/mol. The molecule has 0 saturated heterocycles. The zero-order valence-corrected chi connectivity index (χ0v) is 17.9. The fourth-order valence-corrected chi connectivity index (χ4v) is 4.01. The molecule has 1 unspecified atom stereocenters. The second-order valence-corrected chi connectivity index (χ2v) is 8.10. The van der Waals surface area contributed by atoms with Crippen molar-refractivity contribution in [3.63, 3.8) is 0 Å². The van der Waals surface area contributed by atoms with Crippen LogP contribution in [0.1, 0.15) is 30.5 Å². The summed E-state index contributed by atoms with van der Waals surface area (Å²) in [4.78, 5) is 48.1. The SMILES string of the molecule is O=C(CNC(=O)c1cc2c(s1)CCNC2)c1ccc(OC(OC(=O)C(F)(F)F)C(=O)O)c(O)c1. The number of ether oxygens (including phenoxy) is 2. The normalized spacial score (nSPS) is 14.0. The highest BCUT2D eigenvalue weighted by molar-refractivity contribution is 7.14. The van der Waals surface area contributed by atoms with Crippen molar-refractivity contribution in [2.45, 2.75) is 25.4 Å². The Morgan fingerprint density at radius 2 is 1.94 bits per heavy atom. The molecule has 0 saturated carbocycles. The van der Waals surface area contributed by atoms with Crippen molar-refractivity contribution in [2.75, 3.05) is 13.1 Å². The molecule has 1 aromatic heterocycles. The van der Waals surface area contributed by atoms with Crippen LogP contribution in [0.2, 0.25) is 0 Å². The van der Waals surface area contributed by atoms with Crippen LogP contribution in [0, 0.1) is 0 Å². The summed E-state index contributed by atoms with van der Waals surface area (Å²) in [5.74, 6) is -7.38. The molecule has 2 aromatic rings. The number of thiophene rings is 1. The summed E-state index contributed by atoms with van der Waals surface area (Å²) in [6, 6.07) is 4.60. The number of carbonyl (C=O) groups is 4. The number of aromatic hydroxyl groups is 1. The van der Waals surface area contributed by atoms with E-state index in [1.54, 1.807) is 6.07 Å². The van der Waals surface area contributed by atoms with Crippen molar-refractivity contribution in [2.24, 2.45) is 0 Å². The summed E-state index contributed by atoms with van der Waals surface area (Å²) in [5, 5.41) is 24.6. The maximum Gasteiger partial charge on any atom is 0.491 e. The molecule has 182 valence electrons. The number of benzene rings is 1. The summed E-state index contributed by atoms with van der Waals surface area (Å²) >= 11 is 1.33. The van der Waals surface area contributed by atoms with Crippen molar-refractivity contribution >= 4 is 35.0 Å². The summed E-state index contributed by atoms with van der Waals surface area (Å²) < 4.78 is 45.2. The topological polar surface area (TPSA) is 151 Å². The van der Waals surface area contributed by atoms with Crippen molar-refractivity contribution < 1.29 is 52.0 Å². The molecule has 1 aliphatic rings. The molecule has 2 heterocycles. The number of phenolic OH excluding ortho intramolecular Hbond substituents is 1. The van der Waals surface area contributed by atoms with Crippen molar-refractivity contribution in [3.05, 3.63) is 45.1 Å². The Balaban J connectivity index is 1.61. The van der Waals surface area contributed by atoms with Crippen LogP contribution in [0.15, 0.2) is 24.3 Å².